The first-order valence-corrected chi connectivity index (χ1v) is 17.4. The number of ether oxygens (including phenoxy) is 1. The van der Waals surface area contributed by atoms with Gasteiger partial charge in [-0.15, -0.1) is 0 Å². The number of carbonyl (C=O) groups excluding carboxylic acids is 4. The number of quaternary nitrogens is 1. The SMILES string of the molecule is CCOC(=O)[C@H](CCc1ccccc1)CC1(C(=O)N[C@H]2CCc3ccccc3N(CC(=O)[O-])C2=O)CCCC1.NCCCC[C@H]([NH3+])C(=O)O. The van der Waals surface area contributed by atoms with Crippen LogP contribution >= 0.6 is 0 Å². The number of fused-ring (bicyclic) bond motifs is 1. The number of benzene rings is 2. The number of rotatable bonds is 16. The Balaban J connectivity index is 0.000000565. The van der Waals surface area contributed by atoms with Crippen molar-refractivity contribution in [2.45, 2.75) is 96.1 Å². The van der Waals surface area contributed by atoms with Gasteiger partial charge in [0.2, 0.25) is 11.8 Å². The Morgan fingerprint density at radius 2 is 1.73 bits per heavy atom. The Labute approximate surface area is 288 Å². The maximum Gasteiger partial charge on any atom is 0.362 e. The molecule has 2 aromatic rings. The first kappa shape index (κ1) is 39.2. The summed E-state index contributed by atoms with van der Waals surface area (Å²) in [5.74, 6) is -3.64. The Kier molecular flexibility index (Phi) is 15.7. The molecule has 0 radical (unpaired) electrons. The molecule has 49 heavy (non-hydrogen) atoms. The lowest BCUT2D eigenvalue weighted by atomic mass is 9.75. The van der Waals surface area contributed by atoms with Gasteiger partial charge in [0, 0.05) is 12.1 Å². The summed E-state index contributed by atoms with van der Waals surface area (Å²) in [5, 5.41) is 22.9. The number of hydrogen-bond donors (Lipinski definition) is 4. The van der Waals surface area contributed by atoms with Crippen LogP contribution in [-0.4, -0.2) is 66.6 Å². The van der Waals surface area contributed by atoms with Crippen LogP contribution in [0.5, 0.6) is 0 Å². The second-order valence-corrected chi connectivity index (χ2v) is 13.0. The van der Waals surface area contributed by atoms with Gasteiger partial charge in [0.25, 0.3) is 0 Å². The molecule has 2 aromatic carbocycles. The lowest BCUT2D eigenvalue weighted by molar-refractivity contribution is -0.409. The lowest BCUT2D eigenvalue weighted by Gasteiger charge is -2.33. The molecule has 4 rings (SSSR count). The van der Waals surface area contributed by atoms with Gasteiger partial charge in [0.15, 0.2) is 6.04 Å². The summed E-state index contributed by atoms with van der Waals surface area (Å²) < 4.78 is 5.40. The zero-order chi connectivity index (χ0) is 35.8. The molecule has 0 spiro atoms. The van der Waals surface area contributed by atoms with Crippen LogP contribution in [0, 0.1) is 11.3 Å². The molecule has 2 amide bonds. The number of unbranched alkanes of at least 4 members (excludes halogenated alkanes) is 1. The van der Waals surface area contributed by atoms with Crippen molar-refractivity contribution < 1.29 is 44.7 Å². The molecule has 3 atom stereocenters. The molecule has 0 saturated heterocycles. The minimum atomic E-state index is -1.37. The van der Waals surface area contributed by atoms with Crippen molar-refractivity contribution in [3.63, 3.8) is 0 Å². The van der Waals surface area contributed by atoms with Crippen LogP contribution in [0.25, 0.3) is 0 Å². The van der Waals surface area contributed by atoms with Crippen LogP contribution < -0.4 is 26.8 Å². The highest BCUT2D eigenvalue weighted by Gasteiger charge is 2.46. The molecule has 1 saturated carbocycles. The van der Waals surface area contributed by atoms with Crippen LogP contribution in [0.1, 0.15) is 82.3 Å². The number of hydrogen-bond acceptors (Lipinski definition) is 8. The number of aryl methyl sites for hydroxylation is 2. The number of carboxylic acids is 2. The number of nitrogens with zero attached hydrogens (tertiary/aromatic N) is 1. The number of aliphatic carboxylic acids is 2. The van der Waals surface area contributed by atoms with Gasteiger partial charge in [0.1, 0.15) is 6.04 Å². The first-order chi connectivity index (χ1) is 23.5. The number of nitrogens with two attached hydrogens (primary N) is 1. The van der Waals surface area contributed by atoms with E-state index in [-0.39, 0.29) is 18.5 Å². The number of carbonyl (C=O) groups is 5. The smallest absolute Gasteiger partial charge is 0.362 e. The highest BCUT2D eigenvalue weighted by Crippen LogP contribution is 2.45. The lowest BCUT2D eigenvalue weighted by Crippen LogP contribution is -2.64. The molecule has 7 N–H and O–H groups in total. The molecule has 0 unspecified atom stereocenters. The van der Waals surface area contributed by atoms with Gasteiger partial charge in [-0.2, -0.15) is 0 Å². The van der Waals surface area contributed by atoms with Crippen LogP contribution in [0.4, 0.5) is 5.69 Å². The number of nitrogens with one attached hydrogen (secondary N) is 1. The fraction of sp³-hybridized carbons (Fsp3) is 0.541. The monoisotopic (exact) mass is 680 g/mol. The highest BCUT2D eigenvalue weighted by atomic mass is 16.5. The fourth-order valence-corrected chi connectivity index (χ4v) is 6.71. The van der Waals surface area contributed by atoms with Gasteiger partial charge >= 0.3 is 11.9 Å². The maximum atomic E-state index is 13.9. The number of esters is 1. The van der Waals surface area contributed by atoms with Crippen molar-refractivity contribution in [3.8, 4) is 0 Å². The summed E-state index contributed by atoms with van der Waals surface area (Å²) >= 11 is 0. The molecule has 1 heterocycles. The topological polar surface area (TPSA) is 207 Å². The summed E-state index contributed by atoms with van der Waals surface area (Å²) in [6.45, 7) is 2.09. The van der Waals surface area contributed by atoms with E-state index in [1.54, 1.807) is 19.1 Å². The van der Waals surface area contributed by atoms with Crippen molar-refractivity contribution in [2.24, 2.45) is 17.1 Å². The third-order valence-corrected chi connectivity index (χ3v) is 9.42. The van der Waals surface area contributed by atoms with Crippen molar-refractivity contribution in [1.82, 2.24) is 5.32 Å². The van der Waals surface area contributed by atoms with Gasteiger partial charge in [-0.05, 0) is 88.4 Å². The van der Waals surface area contributed by atoms with E-state index in [9.17, 15) is 29.1 Å². The average Bonchev–Trinajstić information content (AvgIpc) is 3.53. The third-order valence-electron chi connectivity index (χ3n) is 9.42. The molecule has 2 aliphatic rings. The van der Waals surface area contributed by atoms with Crippen LogP contribution in [0.3, 0.4) is 0 Å². The summed E-state index contributed by atoms with van der Waals surface area (Å²) in [6, 6.07) is 15.8. The minimum absolute atomic E-state index is 0.244. The van der Waals surface area contributed by atoms with Gasteiger partial charge in [0.05, 0.1) is 30.5 Å². The average molecular weight is 681 g/mol. The van der Waals surface area contributed by atoms with Crippen molar-refractivity contribution in [3.05, 3.63) is 65.7 Å². The Morgan fingerprint density at radius 3 is 2.37 bits per heavy atom. The largest absolute Gasteiger partial charge is 0.548 e. The molecule has 1 aliphatic carbocycles. The van der Waals surface area contributed by atoms with Crippen LogP contribution in [-0.2, 0) is 41.6 Å². The van der Waals surface area contributed by atoms with E-state index in [1.165, 1.54) is 4.90 Å². The van der Waals surface area contributed by atoms with Gasteiger partial charge in [-0.1, -0.05) is 61.4 Å². The molecular weight excluding hydrogens is 628 g/mol. The quantitative estimate of drug-likeness (QED) is 0.150. The minimum Gasteiger partial charge on any atom is -0.548 e. The van der Waals surface area contributed by atoms with E-state index >= 15 is 0 Å². The molecule has 12 nitrogen and oxygen atoms in total. The van der Waals surface area contributed by atoms with Gasteiger partial charge < -0.3 is 41.4 Å². The summed E-state index contributed by atoms with van der Waals surface area (Å²) in [7, 11) is 0. The van der Waals surface area contributed by atoms with E-state index in [0.29, 0.717) is 63.6 Å². The van der Waals surface area contributed by atoms with E-state index in [2.05, 4.69) is 11.1 Å². The van der Waals surface area contributed by atoms with Crippen LogP contribution in [0.15, 0.2) is 54.6 Å². The molecule has 0 bridgehead atoms. The van der Waals surface area contributed by atoms with Crippen molar-refractivity contribution >= 4 is 35.4 Å². The third kappa shape index (κ3) is 11.7. The molecule has 1 fully saturated rings. The molecule has 268 valence electrons. The van der Waals surface area contributed by atoms with Crippen molar-refractivity contribution in [1.29, 1.82) is 0 Å². The number of anilines is 1. The number of para-hydroxylation sites is 1. The second-order valence-electron chi connectivity index (χ2n) is 13.0. The molecule has 0 aromatic heterocycles. The predicted octanol–water partition coefficient (Wildman–Crippen LogP) is 1.77. The summed E-state index contributed by atoms with van der Waals surface area (Å²) in [4.78, 5) is 63.3. The van der Waals surface area contributed by atoms with Gasteiger partial charge in [-0.25, -0.2) is 4.79 Å². The molecule has 12 heteroatoms. The summed E-state index contributed by atoms with van der Waals surface area (Å²) in [6.07, 6.45) is 7.85. The standard InChI is InChI=1S/C31H38N2O6.C6H14N2O2/c1-2-39-29(37)24(15-14-22-10-4-3-5-11-22)20-31(18-8-9-19-31)30(38)32-25-17-16-23-12-6-7-13-26(23)33(28(25)36)21-27(34)35;7-4-2-1-3-5(8)6(9)10/h3-7,10-13,24-25H,2,8-9,14-21H2,1H3,(H,32,38)(H,34,35);5H,1-4,7-8H2,(H,9,10)/t24-,25+;5-/m10/s1. The fourth-order valence-electron chi connectivity index (χ4n) is 6.71. The number of amides is 2. The van der Waals surface area contributed by atoms with E-state index in [1.807, 2.05) is 42.5 Å². The molecular formula is C37H52N4O8. The van der Waals surface area contributed by atoms with Gasteiger partial charge in [-0.3, -0.25) is 14.4 Å². The zero-order valence-corrected chi connectivity index (χ0v) is 28.6. The van der Waals surface area contributed by atoms with E-state index in [0.717, 1.165) is 36.8 Å². The van der Waals surface area contributed by atoms with E-state index < -0.39 is 47.8 Å². The summed E-state index contributed by atoms with van der Waals surface area (Å²) in [5.41, 5.74) is 10.4. The normalized spacial score (nSPS) is 17.8. The zero-order valence-electron chi connectivity index (χ0n) is 28.6. The Bertz CT molecular complexity index is 1400. The Morgan fingerprint density at radius 1 is 1.06 bits per heavy atom. The van der Waals surface area contributed by atoms with Crippen LogP contribution in [0.2, 0.25) is 0 Å². The Hall–Kier alpha value is -4.29. The van der Waals surface area contributed by atoms with E-state index in [4.69, 9.17) is 15.6 Å². The maximum absolute atomic E-state index is 13.9. The first-order valence-electron chi connectivity index (χ1n) is 17.4. The predicted molar refractivity (Wildman–Crippen MR) is 182 cm³/mol. The molecule has 1 aliphatic heterocycles. The number of carboxylic acid groups (broad SMARTS) is 2. The highest BCUT2D eigenvalue weighted by molar-refractivity contribution is 6.03. The van der Waals surface area contributed by atoms with Crippen molar-refractivity contribution in [2.75, 3.05) is 24.6 Å². The second kappa shape index (κ2) is 19.6.